The standard InChI is InChI=1S/C16H21N3O/c1-10(2)12-8-13(11(3)7-15(12)20-4)14-5-6-18-16(9-17)19-14/h5-8,10H,9,17H2,1-4H3. The van der Waals surface area contributed by atoms with E-state index in [9.17, 15) is 0 Å². The lowest BCUT2D eigenvalue weighted by Crippen LogP contribution is -2.04. The van der Waals surface area contributed by atoms with Gasteiger partial charge in [-0.2, -0.15) is 0 Å². The van der Waals surface area contributed by atoms with Gasteiger partial charge in [0.25, 0.3) is 0 Å². The van der Waals surface area contributed by atoms with E-state index >= 15 is 0 Å². The van der Waals surface area contributed by atoms with Gasteiger partial charge in [0.2, 0.25) is 0 Å². The summed E-state index contributed by atoms with van der Waals surface area (Å²) in [7, 11) is 1.71. The molecule has 20 heavy (non-hydrogen) atoms. The summed E-state index contributed by atoms with van der Waals surface area (Å²) in [5.74, 6) is 1.97. The van der Waals surface area contributed by atoms with Crippen molar-refractivity contribution in [1.29, 1.82) is 0 Å². The van der Waals surface area contributed by atoms with Crippen LogP contribution in [0.15, 0.2) is 24.4 Å². The molecule has 0 fully saturated rings. The van der Waals surface area contributed by atoms with Gasteiger partial charge < -0.3 is 10.5 Å². The molecule has 106 valence electrons. The van der Waals surface area contributed by atoms with Crippen molar-refractivity contribution < 1.29 is 4.74 Å². The zero-order valence-corrected chi connectivity index (χ0v) is 12.5. The van der Waals surface area contributed by atoms with Gasteiger partial charge in [0.05, 0.1) is 19.3 Å². The molecule has 4 heteroatoms. The lowest BCUT2D eigenvalue weighted by molar-refractivity contribution is 0.407. The molecule has 0 aliphatic heterocycles. The molecule has 0 saturated carbocycles. The lowest BCUT2D eigenvalue weighted by Gasteiger charge is -2.16. The number of hydrogen-bond donors (Lipinski definition) is 1. The Bertz CT molecular complexity index is 609. The largest absolute Gasteiger partial charge is 0.496 e. The minimum Gasteiger partial charge on any atom is -0.496 e. The predicted molar refractivity (Wildman–Crippen MR) is 80.7 cm³/mol. The number of nitrogens with zero attached hydrogens (tertiary/aromatic N) is 2. The number of nitrogens with two attached hydrogens (primary N) is 1. The molecule has 0 unspecified atom stereocenters. The summed E-state index contributed by atoms with van der Waals surface area (Å²) in [5.41, 5.74) is 9.94. The Morgan fingerprint density at radius 3 is 2.65 bits per heavy atom. The second-order valence-electron chi connectivity index (χ2n) is 5.13. The Kier molecular flexibility index (Phi) is 4.35. The van der Waals surface area contributed by atoms with Crippen LogP contribution in [0.5, 0.6) is 5.75 Å². The van der Waals surface area contributed by atoms with Gasteiger partial charge >= 0.3 is 0 Å². The van der Waals surface area contributed by atoms with E-state index < -0.39 is 0 Å². The molecular weight excluding hydrogens is 250 g/mol. The Morgan fingerprint density at radius 1 is 1.30 bits per heavy atom. The first-order chi connectivity index (χ1) is 9.56. The van der Waals surface area contributed by atoms with E-state index in [1.807, 2.05) is 6.07 Å². The molecule has 0 amide bonds. The molecule has 0 bridgehead atoms. The van der Waals surface area contributed by atoms with Crippen molar-refractivity contribution in [1.82, 2.24) is 9.97 Å². The second kappa shape index (κ2) is 6.01. The van der Waals surface area contributed by atoms with Crippen molar-refractivity contribution in [2.24, 2.45) is 5.73 Å². The SMILES string of the molecule is COc1cc(C)c(-c2ccnc(CN)n2)cc1C(C)C. The zero-order chi connectivity index (χ0) is 14.7. The molecule has 0 saturated heterocycles. The Morgan fingerprint density at radius 2 is 2.05 bits per heavy atom. The number of aromatic nitrogens is 2. The van der Waals surface area contributed by atoms with Gasteiger partial charge in [0, 0.05) is 11.8 Å². The molecule has 0 radical (unpaired) electrons. The van der Waals surface area contributed by atoms with Crippen molar-refractivity contribution >= 4 is 0 Å². The van der Waals surface area contributed by atoms with Crippen LogP contribution in [-0.2, 0) is 6.54 Å². The lowest BCUT2D eigenvalue weighted by atomic mass is 9.95. The number of rotatable bonds is 4. The Hall–Kier alpha value is -1.94. The van der Waals surface area contributed by atoms with E-state index in [0.717, 1.165) is 22.6 Å². The molecule has 0 spiro atoms. The van der Waals surface area contributed by atoms with Crippen LogP contribution in [-0.4, -0.2) is 17.1 Å². The van der Waals surface area contributed by atoms with E-state index in [2.05, 4.69) is 42.9 Å². The van der Waals surface area contributed by atoms with Gasteiger partial charge in [-0.05, 0) is 42.2 Å². The zero-order valence-electron chi connectivity index (χ0n) is 12.5. The highest BCUT2D eigenvalue weighted by Crippen LogP contribution is 2.33. The van der Waals surface area contributed by atoms with E-state index in [0.29, 0.717) is 18.3 Å². The summed E-state index contributed by atoms with van der Waals surface area (Å²) < 4.78 is 5.47. The van der Waals surface area contributed by atoms with Crippen LogP contribution < -0.4 is 10.5 Å². The molecule has 1 heterocycles. The maximum atomic E-state index is 5.61. The monoisotopic (exact) mass is 271 g/mol. The maximum Gasteiger partial charge on any atom is 0.142 e. The van der Waals surface area contributed by atoms with Crippen molar-refractivity contribution in [2.45, 2.75) is 33.2 Å². The molecule has 0 atom stereocenters. The van der Waals surface area contributed by atoms with Crippen LogP contribution in [0.4, 0.5) is 0 Å². The van der Waals surface area contributed by atoms with E-state index in [1.54, 1.807) is 13.3 Å². The number of methoxy groups -OCH3 is 1. The molecule has 2 rings (SSSR count). The van der Waals surface area contributed by atoms with Gasteiger partial charge in [-0.15, -0.1) is 0 Å². The van der Waals surface area contributed by atoms with Crippen LogP contribution >= 0.6 is 0 Å². The van der Waals surface area contributed by atoms with E-state index in [1.165, 1.54) is 5.56 Å². The summed E-state index contributed by atoms with van der Waals surface area (Å²) >= 11 is 0. The van der Waals surface area contributed by atoms with E-state index in [-0.39, 0.29) is 0 Å². The molecule has 0 aliphatic rings. The minimum atomic E-state index is 0.347. The molecule has 4 nitrogen and oxygen atoms in total. The quantitative estimate of drug-likeness (QED) is 0.928. The number of aryl methyl sites for hydroxylation is 1. The van der Waals surface area contributed by atoms with Gasteiger partial charge in [-0.25, -0.2) is 9.97 Å². The normalized spacial score (nSPS) is 10.9. The average Bonchev–Trinajstić information content (AvgIpc) is 2.46. The highest BCUT2D eigenvalue weighted by molar-refractivity contribution is 5.66. The first-order valence-corrected chi connectivity index (χ1v) is 6.77. The smallest absolute Gasteiger partial charge is 0.142 e. The van der Waals surface area contributed by atoms with Crippen molar-refractivity contribution in [2.75, 3.05) is 7.11 Å². The summed E-state index contributed by atoms with van der Waals surface area (Å²) in [6, 6.07) is 6.13. The van der Waals surface area contributed by atoms with E-state index in [4.69, 9.17) is 10.5 Å². The highest BCUT2D eigenvalue weighted by Gasteiger charge is 2.13. The molecular formula is C16H21N3O. The molecule has 0 aliphatic carbocycles. The number of hydrogen-bond acceptors (Lipinski definition) is 4. The number of ether oxygens (including phenoxy) is 1. The Balaban J connectivity index is 2.58. The fourth-order valence-corrected chi connectivity index (χ4v) is 2.25. The summed E-state index contributed by atoms with van der Waals surface area (Å²) in [5, 5.41) is 0. The summed E-state index contributed by atoms with van der Waals surface area (Å²) in [6.07, 6.45) is 1.75. The summed E-state index contributed by atoms with van der Waals surface area (Å²) in [4.78, 5) is 8.64. The topological polar surface area (TPSA) is 61.0 Å². The van der Waals surface area contributed by atoms with Crippen LogP contribution in [0.2, 0.25) is 0 Å². The first-order valence-electron chi connectivity index (χ1n) is 6.77. The Labute approximate surface area is 120 Å². The fourth-order valence-electron chi connectivity index (χ4n) is 2.25. The first kappa shape index (κ1) is 14.5. The van der Waals surface area contributed by atoms with Gasteiger partial charge in [-0.1, -0.05) is 13.8 Å². The predicted octanol–water partition coefficient (Wildman–Crippen LogP) is 3.04. The minimum absolute atomic E-state index is 0.347. The van der Waals surface area contributed by atoms with Gasteiger partial charge in [-0.3, -0.25) is 0 Å². The third kappa shape index (κ3) is 2.80. The highest BCUT2D eigenvalue weighted by atomic mass is 16.5. The van der Waals surface area contributed by atoms with Crippen LogP contribution in [0.1, 0.15) is 36.7 Å². The fraction of sp³-hybridized carbons (Fsp3) is 0.375. The average molecular weight is 271 g/mol. The summed E-state index contributed by atoms with van der Waals surface area (Å²) in [6.45, 7) is 6.72. The molecule has 1 aromatic heterocycles. The third-order valence-corrected chi connectivity index (χ3v) is 3.36. The number of benzene rings is 1. The van der Waals surface area contributed by atoms with Gasteiger partial charge in [0.15, 0.2) is 0 Å². The maximum absolute atomic E-state index is 5.61. The molecule has 2 aromatic rings. The van der Waals surface area contributed by atoms with Crippen molar-refractivity contribution in [3.63, 3.8) is 0 Å². The molecule has 2 N–H and O–H groups in total. The molecule has 1 aromatic carbocycles. The van der Waals surface area contributed by atoms with Crippen LogP contribution in [0.25, 0.3) is 11.3 Å². The second-order valence-corrected chi connectivity index (χ2v) is 5.13. The third-order valence-electron chi connectivity index (χ3n) is 3.36. The van der Waals surface area contributed by atoms with Crippen molar-refractivity contribution in [3.8, 4) is 17.0 Å². The van der Waals surface area contributed by atoms with Gasteiger partial charge in [0.1, 0.15) is 11.6 Å². The van der Waals surface area contributed by atoms with Crippen LogP contribution in [0.3, 0.4) is 0 Å². The van der Waals surface area contributed by atoms with Crippen LogP contribution in [0, 0.1) is 6.92 Å². The van der Waals surface area contributed by atoms with Crippen molar-refractivity contribution in [3.05, 3.63) is 41.3 Å².